The molecule has 110 valence electrons. The molecule has 0 aromatic carbocycles. The van der Waals surface area contributed by atoms with Crippen molar-refractivity contribution in [2.75, 3.05) is 0 Å². The molecule has 0 aliphatic carbocycles. The fourth-order valence-corrected chi connectivity index (χ4v) is 2.27. The van der Waals surface area contributed by atoms with Crippen LogP contribution < -0.4 is 0 Å². The number of carboxylic acid groups (broad SMARTS) is 1. The molecule has 0 spiro atoms. The highest BCUT2D eigenvalue weighted by Crippen LogP contribution is 2.10. The number of unbranched alkanes of at least 4 members (excludes halogenated alkanes) is 7. The standard InChI is InChI=1S/C16H28O2S/c1-2-3-4-11-14-19-15-12-9-7-5-6-8-10-13-16(17)18/h11-12,14-15H,2-10,13H2,1H3,(H,17,18). The van der Waals surface area contributed by atoms with Crippen LogP contribution in [0.3, 0.4) is 0 Å². The fourth-order valence-electron chi connectivity index (χ4n) is 1.68. The molecular weight excluding hydrogens is 256 g/mol. The monoisotopic (exact) mass is 284 g/mol. The summed E-state index contributed by atoms with van der Waals surface area (Å²) in [5.74, 6) is -0.674. The fraction of sp³-hybridized carbons (Fsp3) is 0.688. The lowest BCUT2D eigenvalue weighted by Gasteiger charge is -1.97. The van der Waals surface area contributed by atoms with Gasteiger partial charge in [0.1, 0.15) is 0 Å². The average Bonchev–Trinajstić information content (AvgIpc) is 2.39. The normalized spacial score (nSPS) is 11.6. The number of carboxylic acids is 1. The van der Waals surface area contributed by atoms with Gasteiger partial charge in [0, 0.05) is 6.42 Å². The zero-order chi connectivity index (χ0) is 14.2. The summed E-state index contributed by atoms with van der Waals surface area (Å²) in [5.41, 5.74) is 0. The van der Waals surface area contributed by atoms with E-state index in [2.05, 4.69) is 29.9 Å². The summed E-state index contributed by atoms with van der Waals surface area (Å²) in [7, 11) is 0. The molecule has 0 aromatic heterocycles. The number of hydrogen-bond donors (Lipinski definition) is 1. The van der Waals surface area contributed by atoms with Crippen molar-refractivity contribution in [3.05, 3.63) is 23.0 Å². The van der Waals surface area contributed by atoms with Gasteiger partial charge in [-0.25, -0.2) is 0 Å². The van der Waals surface area contributed by atoms with Gasteiger partial charge >= 0.3 is 5.97 Å². The van der Waals surface area contributed by atoms with E-state index in [-0.39, 0.29) is 0 Å². The second-order valence-corrected chi connectivity index (χ2v) is 5.54. The molecule has 0 unspecified atom stereocenters. The maximum Gasteiger partial charge on any atom is 0.303 e. The van der Waals surface area contributed by atoms with Gasteiger partial charge in [0.05, 0.1) is 0 Å². The Kier molecular flexibility index (Phi) is 14.8. The molecule has 0 atom stereocenters. The van der Waals surface area contributed by atoms with E-state index in [1.807, 2.05) is 0 Å². The molecule has 1 N–H and O–H groups in total. The summed E-state index contributed by atoms with van der Waals surface area (Å²) < 4.78 is 0. The predicted molar refractivity (Wildman–Crippen MR) is 85.4 cm³/mol. The van der Waals surface area contributed by atoms with E-state index < -0.39 is 5.97 Å². The van der Waals surface area contributed by atoms with Crippen LogP contribution in [0.4, 0.5) is 0 Å². The van der Waals surface area contributed by atoms with Crippen LogP contribution in [-0.2, 0) is 4.79 Å². The molecule has 0 aliphatic rings. The molecule has 0 saturated carbocycles. The Morgan fingerprint density at radius 2 is 1.53 bits per heavy atom. The van der Waals surface area contributed by atoms with Crippen molar-refractivity contribution >= 4 is 17.7 Å². The summed E-state index contributed by atoms with van der Waals surface area (Å²) in [6, 6.07) is 0. The van der Waals surface area contributed by atoms with Crippen LogP contribution in [0.1, 0.15) is 71.1 Å². The third-order valence-corrected chi connectivity index (χ3v) is 3.53. The van der Waals surface area contributed by atoms with Crippen LogP contribution in [-0.4, -0.2) is 11.1 Å². The van der Waals surface area contributed by atoms with Gasteiger partial charge in [0.15, 0.2) is 0 Å². The van der Waals surface area contributed by atoms with Crippen LogP contribution >= 0.6 is 11.8 Å². The van der Waals surface area contributed by atoms with Crippen molar-refractivity contribution in [1.29, 1.82) is 0 Å². The molecule has 3 heteroatoms. The minimum absolute atomic E-state index is 0.320. The van der Waals surface area contributed by atoms with Gasteiger partial charge in [-0.1, -0.05) is 51.2 Å². The summed E-state index contributed by atoms with van der Waals surface area (Å²) in [6.07, 6.45) is 15.1. The molecule has 2 nitrogen and oxygen atoms in total. The first-order valence-electron chi connectivity index (χ1n) is 7.44. The molecule has 0 bridgehead atoms. The third kappa shape index (κ3) is 17.3. The molecule has 0 radical (unpaired) electrons. The van der Waals surface area contributed by atoms with Gasteiger partial charge in [0.2, 0.25) is 0 Å². The Hall–Kier alpha value is -0.700. The Morgan fingerprint density at radius 1 is 0.947 bits per heavy atom. The Labute approximate surface area is 122 Å². The zero-order valence-corrected chi connectivity index (χ0v) is 13.0. The van der Waals surface area contributed by atoms with E-state index in [4.69, 9.17) is 5.11 Å². The first kappa shape index (κ1) is 18.3. The lowest BCUT2D eigenvalue weighted by Crippen LogP contribution is -1.93. The van der Waals surface area contributed by atoms with Crippen molar-refractivity contribution in [2.45, 2.75) is 71.1 Å². The van der Waals surface area contributed by atoms with Crippen LogP contribution in [0.15, 0.2) is 23.0 Å². The van der Waals surface area contributed by atoms with E-state index in [0.717, 1.165) is 25.7 Å². The highest BCUT2D eigenvalue weighted by Gasteiger charge is 1.95. The van der Waals surface area contributed by atoms with Gasteiger partial charge in [-0.05, 0) is 36.5 Å². The molecular formula is C16H28O2S. The maximum atomic E-state index is 10.3. The molecule has 0 heterocycles. The highest BCUT2D eigenvalue weighted by molar-refractivity contribution is 8.04. The third-order valence-electron chi connectivity index (χ3n) is 2.84. The van der Waals surface area contributed by atoms with Crippen molar-refractivity contribution in [2.24, 2.45) is 0 Å². The highest BCUT2D eigenvalue weighted by atomic mass is 32.2. The van der Waals surface area contributed by atoms with Crippen molar-refractivity contribution in [1.82, 2.24) is 0 Å². The zero-order valence-electron chi connectivity index (χ0n) is 12.1. The molecule has 0 amide bonds. The molecule has 0 fully saturated rings. The Balaban J connectivity index is 3.16. The van der Waals surface area contributed by atoms with Crippen LogP contribution in [0.5, 0.6) is 0 Å². The quantitative estimate of drug-likeness (QED) is 0.437. The Bertz CT molecular complexity index is 259. The van der Waals surface area contributed by atoms with E-state index in [1.165, 1.54) is 32.1 Å². The first-order valence-corrected chi connectivity index (χ1v) is 8.39. The predicted octanol–water partition coefficient (Wildman–Crippen LogP) is 5.75. The number of carbonyl (C=O) groups is 1. The van der Waals surface area contributed by atoms with E-state index >= 15 is 0 Å². The maximum absolute atomic E-state index is 10.3. The number of thioether (sulfide) groups is 1. The van der Waals surface area contributed by atoms with E-state index in [0.29, 0.717) is 6.42 Å². The topological polar surface area (TPSA) is 37.3 Å². The largest absolute Gasteiger partial charge is 0.481 e. The Morgan fingerprint density at radius 3 is 2.16 bits per heavy atom. The summed E-state index contributed by atoms with van der Waals surface area (Å²) >= 11 is 1.75. The lowest BCUT2D eigenvalue weighted by molar-refractivity contribution is -0.137. The van der Waals surface area contributed by atoms with Crippen LogP contribution in [0, 0.1) is 0 Å². The molecule has 0 saturated heterocycles. The smallest absolute Gasteiger partial charge is 0.303 e. The van der Waals surface area contributed by atoms with Crippen molar-refractivity contribution in [3.8, 4) is 0 Å². The van der Waals surface area contributed by atoms with Crippen molar-refractivity contribution < 1.29 is 9.90 Å². The minimum Gasteiger partial charge on any atom is -0.481 e. The average molecular weight is 284 g/mol. The summed E-state index contributed by atoms with van der Waals surface area (Å²) in [6.45, 7) is 2.21. The second-order valence-electron chi connectivity index (χ2n) is 4.72. The summed E-state index contributed by atoms with van der Waals surface area (Å²) in [4.78, 5) is 10.3. The van der Waals surface area contributed by atoms with Gasteiger partial charge in [-0.2, -0.15) is 0 Å². The number of hydrogen-bond acceptors (Lipinski definition) is 2. The number of rotatable bonds is 13. The van der Waals surface area contributed by atoms with Gasteiger partial charge in [-0.3, -0.25) is 4.79 Å². The van der Waals surface area contributed by atoms with E-state index in [9.17, 15) is 4.79 Å². The van der Waals surface area contributed by atoms with Gasteiger partial charge in [0.25, 0.3) is 0 Å². The first-order chi connectivity index (χ1) is 9.27. The molecule has 0 aliphatic heterocycles. The molecule has 19 heavy (non-hydrogen) atoms. The van der Waals surface area contributed by atoms with Crippen molar-refractivity contribution in [3.63, 3.8) is 0 Å². The minimum atomic E-state index is -0.674. The van der Waals surface area contributed by atoms with E-state index in [1.54, 1.807) is 11.8 Å². The molecule has 0 rings (SSSR count). The molecule has 0 aromatic rings. The number of allylic oxidation sites excluding steroid dienone is 2. The lowest BCUT2D eigenvalue weighted by atomic mass is 10.1. The summed E-state index contributed by atoms with van der Waals surface area (Å²) in [5, 5.41) is 12.8. The van der Waals surface area contributed by atoms with Gasteiger partial charge in [-0.15, -0.1) is 11.8 Å². The second kappa shape index (κ2) is 15.4. The SMILES string of the molecule is CCCCC=CSC=CCCCCCCCC(=O)O. The van der Waals surface area contributed by atoms with Crippen LogP contribution in [0.2, 0.25) is 0 Å². The van der Waals surface area contributed by atoms with Crippen LogP contribution in [0.25, 0.3) is 0 Å². The van der Waals surface area contributed by atoms with Gasteiger partial charge < -0.3 is 5.11 Å². The number of aliphatic carboxylic acids is 1.